The van der Waals surface area contributed by atoms with Gasteiger partial charge in [0.15, 0.2) is 0 Å². The summed E-state index contributed by atoms with van der Waals surface area (Å²) in [4.78, 5) is 13.7. The fourth-order valence-corrected chi connectivity index (χ4v) is 4.01. The molecule has 0 spiro atoms. The molecule has 0 aliphatic carbocycles. The Kier molecular flexibility index (Phi) is 11.8. The highest BCUT2D eigenvalue weighted by Crippen LogP contribution is 2.26. The minimum absolute atomic E-state index is 0.290. The summed E-state index contributed by atoms with van der Waals surface area (Å²) in [7, 11) is 0. The number of aliphatic hydroxyl groups is 1. The predicted molar refractivity (Wildman–Crippen MR) is 115 cm³/mol. The standard InChI is InChI=1S/C23H38O3S/c1-5-6-7-8-9-10-14-17-21(24)20(22(25)26-23(2,3)4)18-27-19-15-12-11-13-16-19/h11-13,15-16,20-21,24H,5-10,14,17-18H2,1-4H3/t20-,21+/m0/s1. The van der Waals surface area contributed by atoms with Crippen molar-refractivity contribution < 1.29 is 14.6 Å². The molecule has 0 saturated heterocycles. The maximum absolute atomic E-state index is 12.6. The summed E-state index contributed by atoms with van der Waals surface area (Å²) < 4.78 is 5.57. The molecule has 0 aliphatic rings. The molecule has 0 unspecified atom stereocenters. The summed E-state index contributed by atoms with van der Waals surface area (Å²) in [5, 5.41) is 10.7. The van der Waals surface area contributed by atoms with Crippen LogP contribution in [-0.2, 0) is 9.53 Å². The first-order valence-corrected chi connectivity index (χ1v) is 11.4. The summed E-state index contributed by atoms with van der Waals surface area (Å²) in [5.41, 5.74) is -0.536. The van der Waals surface area contributed by atoms with Crippen LogP contribution in [0.3, 0.4) is 0 Å². The van der Waals surface area contributed by atoms with Gasteiger partial charge in [-0.05, 0) is 39.3 Å². The molecule has 27 heavy (non-hydrogen) atoms. The Morgan fingerprint density at radius 3 is 2.22 bits per heavy atom. The fourth-order valence-electron chi connectivity index (χ4n) is 2.93. The van der Waals surface area contributed by atoms with Gasteiger partial charge in [0.05, 0.1) is 12.0 Å². The van der Waals surface area contributed by atoms with Crippen molar-refractivity contribution in [2.24, 2.45) is 5.92 Å². The second-order valence-electron chi connectivity index (χ2n) is 8.24. The van der Waals surface area contributed by atoms with E-state index in [0.29, 0.717) is 12.2 Å². The first-order chi connectivity index (χ1) is 12.8. The Labute approximate surface area is 170 Å². The second kappa shape index (κ2) is 13.2. The zero-order valence-corrected chi connectivity index (χ0v) is 18.4. The summed E-state index contributed by atoms with van der Waals surface area (Å²) in [6, 6.07) is 10.0. The maximum Gasteiger partial charge on any atom is 0.312 e. The van der Waals surface area contributed by atoms with E-state index in [4.69, 9.17) is 4.74 Å². The van der Waals surface area contributed by atoms with Crippen LogP contribution < -0.4 is 0 Å². The van der Waals surface area contributed by atoms with Gasteiger partial charge in [0.2, 0.25) is 0 Å². The minimum Gasteiger partial charge on any atom is -0.460 e. The summed E-state index contributed by atoms with van der Waals surface area (Å²) in [6.45, 7) is 7.83. The number of aliphatic hydroxyl groups excluding tert-OH is 1. The van der Waals surface area contributed by atoms with E-state index >= 15 is 0 Å². The third-order valence-corrected chi connectivity index (χ3v) is 5.58. The third-order valence-electron chi connectivity index (χ3n) is 4.45. The van der Waals surface area contributed by atoms with Crippen LogP contribution in [0, 0.1) is 5.92 Å². The highest BCUT2D eigenvalue weighted by Gasteiger charge is 2.31. The highest BCUT2D eigenvalue weighted by atomic mass is 32.2. The van der Waals surface area contributed by atoms with Crippen molar-refractivity contribution in [1.29, 1.82) is 0 Å². The first-order valence-electron chi connectivity index (χ1n) is 10.4. The number of ether oxygens (including phenoxy) is 1. The number of unbranched alkanes of at least 4 members (excludes halogenated alkanes) is 6. The predicted octanol–water partition coefficient (Wildman–Crippen LogP) is 6.24. The Morgan fingerprint density at radius 1 is 1.04 bits per heavy atom. The van der Waals surface area contributed by atoms with Gasteiger partial charge < -0.3 is 9.84 Å². The van der Waals surface area contributed by atoms with Crippen LogP contribution in [0.2, 0.25) is 0 Å². The third kappa shape index (κ3) is 11.4. The first kappa shape index (κ1) is 24.0. The van der Waals surface area contributed by atoms with Crippen LogP contribution in [0.15, 0.2) is 35.2 Å². The van der Waals surface area contributed by atoms with Gasteiger partial charge in [-0.15, -0.1) is 11.8 Å². The zero-order valence-electron chi connectivity index (χ0n) is 17.6. The monoisotopic (exact) mass is 394 g/mol. The molecule has 0 heterocycles. The molecule has 0 saturated carbocycles. The van der Waals surface area contributed by atoms with E-state index in [1.54, 1.807) is 11.8 Å². The lowest BCUT2D eigenvalue weighted by molar-refractivity contribution is -0.163. The molecule has 0 aliphatic heterocycles. The lowest BCUT2D eigenvalue weighted by Crippen LogP contribution is -2.36. The molecule has 0 bridgehead atoms. The molecule has 4 heteroatoms. The highest BCUT2D eigenvalue weighted by molar-refractivity contribution is 7.99. The molecule has 1 rings (SSSR count). The van der Waals surface area contributed by atoms with Crippen molar-refractivity contribution in [2.45, 2.75) is 95.7 Å². The topological polar surface area (TPSA) is 46.5 Å². The summed E-state index contributed by atoms with van der Waals surface area (Å²) in [5.74, 6) is -0.243. The van der Waals surface area contributed by atoms with Gasteiger partial charge in [-0.25, -0.2) is 0 Å². The number of benzene rings is 1. The summed E-state index contributed by atoms with van der Waals surface area (Å²) in [6.07, 6.45) is 8.43. The molecule has 0 amide bonds. The zero-order chi connectivity index (χ0) is 20.1. The van der Waals surface area contributed by atoms with E-state index in [1.807, 2.05) is 51.1 Å². The SMILES string of the molecule is CCCCCCCCC[C@@H](O)[C@H](CSc1ccccc1)C(=O)OC(C)(C)C. The van der Waals surface area contributed by atoms with E-state index in [9.17, 15) is 9.90 Å². The van der Waals surface area contributed by atoms with Crippen LogP contribution >= 0.6 is 11.8 Å². The van der Waals surface area contributed by atoms with Gasteiger partial charge in [-0.3, -0.25) is 4.79 Å². The van der Waals surface area contributed by atoms with Crippen LogP contribution in [-0.4, -0.2) is 28.5 Å². The van der Waals surface area contributed by atoms with Crippen molar-refractivity contribution >= 4 is 17.7 Å². The van der Waals surface area contributed by atoms with E-state index in [-0.39, 0.29) is 5.97 Å². The number of hydrogen-bond acceptors (Lipinski definition) is 4. The molecule has 154 valence electrons. The number of hydrogen-bond donors (Lipinski definition) is 1. The number of thioether (sulfide) groups is 1. The van der Waals surface area contributed by atoms with Crippen molar-refractivity contribution in [1.82, 2.24) is 0 Å². The molecular formula is C23H38O3S. The molecule has 0 aromatic heterocycles. The number of carbonyl (C=O) groups excluding carboxylic acids is 1. The Bertz CT molecular complexity index is 510. The normalized spacial score (nSPS) is 14.0. The second-order valence-corrected chi connectivity index (χ2v) is 9.33. The molecule has 1 aromatic rings. The molecule has 1 N–H and O–H groups in total. The molecule has 1 aromatic carbocycles. The Hall–Kier alpha value is -1.00. The average Bonchev–Trinajstić information content (AvgIpc) is 2.60. The quantitative estimate of drug-likeness (QED) is 0.244. The lowest BCUT2D eigenvalue weighted by atomic mass is 9.98. The molecule has 3 nitrogen and oxygen atoms in total. The van der Waals surface area contributed by atoms with E-state index in [0.717, 1.165) is 17.7 Å². The van der Waals surface area contributed by atoms with Crippen molar-refractivity contribution in [2.75, 3.05) is 5.75 Å². The van der Waals surface area contributed by atoms with Gasteiger partial charge in [0, 0.05) is 10.6 Å². The average molecular weight is 395 g/mol. The number of esters is 1. The van der Waals surface area contributed by atoms with E-state index in [2.05, 4.69) is 6.92 Å². The molecule has 2 atom stereocenters. The minimum atomic E-state index is -0.647. The number of carbonyl (C=O) groups is 1. The van der Waals surface area contributed by atoms with Crippen LogP contribution in [0.5, 0.6) is 0 Å². The smallest absolute Gasteiger partial charge is 0.312 e. The van der Waals surface area contributed by atoms with Crippen molar-refractivity contribution in [3.8, 4) is 0 Å². The largest absolute Gasteiger partial charge is 0.460 e. The Morgan fingerprint density at radius 2 is 1.63 bits per heavy atom. The fraction of sp³-hybridized carbons (Fsp3) is 0.696. The summed E-state index contributed by atoms with van der Waals surface area (Å²) >= 11 is 1.60. The van der Waals surface area contributed by atoms with Gasteiger partial charge in [0.25, 0.3) is 0 Å². The van der Waals surface area contributed by atoms with Crippen LogP contribution in [0.4, 0.5) is 0 Å². The van der Waals surface area contributed by atoms with Crippen molar-refractivity contribution in [3.05, 3.63) is 30.3 Å². The van der Waals surface area contributed by atoms with Crippen LogP contribution in [0.25, 0.3) is 0 Å². The van der Waals surface area contributed by atoms with Gasteiger partial charge >= 0.3 is 5.97 Å². The van der Waals surface area contributed by atoms with E-state index in [1.165, 1.54) is 32.1 Å². The maximum atomic E-state index is 12.6. The molecule has 0 fully saturated rings. The molecular weight excluding hydrogens is 356 g/mol. The van der Waals surface area contributed by atoms with Gasteiger partial charge in [0.1, 0.15) is 5.60 Å². The van der Waals surface area contributed by atoms with Crippen molar-refractivity contribution in [3.63, 3.8) is 0 Å². The lowest BCUT2D eigenvalue weighted by Gasteiger charge is -2.26. The Balaban J connectivity index is 2.51. The van der Waals surface area contributed by atoms with E-state index < -0.39 is 17.6 Å². The van der Waals surface area contributed by atoms with Gasteiger partial charge in [-0.2, -0.15) is 0 Å². The number of rotatable bonds is 13. The van der Waals surface area contributed by atoms with Gasteiger partial charge in [-0.1, -0.05) is 70.1 Å². The van der Waals surface area contributed by atoms with Crippen LogP contribution in [0.1, 0.15) is 79.1 Å². The molecule has 0 radical (unpaired) electrons.